The summed E-state index contributed by atoms with van der Waals surface area (Å²) in [5.74, 6) is 2.97. The molecule has 0 N–H and O–H groups in total. The zero-order chi connectivity index (χ0) is 28.8. The Kier molecular flexibility index (Phi) is 17.4. The van der Waals surface area contributed by atoms with Crippen molar-refractivity contribution in [1.29, 1.82) is 0 Å². The van der Waals surface area contributed by atoms with E-state index in [2.05, 4.69) is 99.0 Å². The molecule has 0 amide bonds. The van der Waals surface area contributed by atoms with E-state index in [-0.39, 0.29) is 0 Å². The van der Waals surface area contributed by atoms with Gasteiger partial charge in [-0.25, -0.2) is 0 Å². The van der Waals surface area contributed by atoms with Gasteiger partial charge in [0.1, 0.15) is 5.57 Å². The molecular weight excluding hydrogens is 484 g/mol. The second kappa shape index (κ2) is 20.9. The van der Waals surface area contributed by atoms with Crippen molar-refractivity contribution < 1.29 is 4.79 Å². The molecule has 0 bridgehead atoms. The average Bonchev–Trinajstić information content (AvgIpc) is 2.98. The summed E-state index contributed by atoms with van der Waals surface area (Å²) in [4.78, 5) is 3.42. The molecule has 216 valence electrons. The molecule has 0 aliphatic rings. The topological polar surface area (TPSA) is 36.4 Å². The Morgan fingerprint density at radius 2 is 1.38 bits per heavy atom. The van der Waals surface area contributed by atoms with Gasteiger partial charge in [0.15, 0.2) is 0 Å². The fourth-order valence-corrected chi connectivity index (χ4v) is 5.27. The summed E-state index contributed by atoms with van der Waals surface area (Å²) in [5, 5.41) is 0. The monoisotopic (exact) mass is 538 g/mol. The Morgan fingerprint density at radius 3 is 2.08 bits per heavy atom. The summed E-state index contributed by atoms with van der Waals surface area (Å²) in [7, 11) is 0. The van der Waals surface area contributed by atoms with Gasteiger partial charge in [-0.1, -0.05) is 134 Å². The van der Waals surface area contributed by atoms with E-state index in [9.17, 15) is 5.53 Å². The molecule has 0 aliphatic heterocycles. The van der Waals surface area contributed by atoms with Gasteiger partial charge in [-0.15, -0.1) is 4.79 Å². The predicted octanol–water partition coefficient (Wildman–Crippen LogP) is 11.5. The smallest absolute Gasteiger partial charge is 0.307 e. The van der Waals surface area contributed by atoms with E-state index in [4.69, 9.17) is 0 Å². The highest BCUT2D eigenvalue weighted by molar-refractivity contribution is 5.88. The van der Waals surface area contributed by atoms with Gasteiger partial charge in [-0.3, -0.25) is 0 Å². The number of nitrogens with zero attached hydrogens (tertiary/aromatic N) is 2. The number of benzene rings is 2. The van der Waals surface area contributed by atoms with Crippen LogP contribution in [0.15, 0.2) is 71.8 Å². The first-order valence-electron chi connectivity index (χ1n) is 16.2. The summed E-state index contributed by atoms with van der Waals surface area (Å²) < 4.78 is 0. The molecule has 0 spiro atoms. The maximum absolute atomic E-state index is 9.65. The zero-order valence-corrected chi connectivity index (χ0v) is 26.0. The van der Waals surface area contributed by atoms with Gasteiger partial charge in [0, 0.05) is 0 Å². The lowest BCUT2D eigenvalue weighted by molar-refractivity contribution is 0.00766. The molecule has 0 saturated heterocycles. The van der Waals surface area contributed by atoms with E-state index in [1.807, 2.05) is 0 Å². The molecule has 40 heavy (non-hydrogen) atoms. The Labute approximate surface area is 245 Å². The molecule has 0 heterocycles. The highest BCUT2D eigenvalue weighted by Gasteiger charge is 2.17. The van der Waals surface area contributed by atoms with Crippen LogP contribution in [0.5, 0.6) is 0 Å². The normalized spacial score (nSPS) is 11.8. The number of hydrogen-bond donors (Lipinski definition) is 0. The first-order valence-corrected chi connectivity index (χ1v) is 16.2. The quantitative estimate of drug-likeness (QED) is 0.0528. The summed E-state index contributed by atoms with van der Waals surface area (Å²) in [6.45, 7) is 9.01. The highest BCUT2D eigenvalue weighted by Crippen LogP contribution is 2.34. The van der Waals surface area contributed by atoms with Crippen LogP contribution in [-0.4, -0.2) is 10.7 Å². The molecule has 0 aromatic heterocycles. The van der Waals surface area contributed by atoms with Gasteiger partial charge in [0.25, 0.3) is 0 Å². The van der Waals surface area contributed by atoms with E-state index in [0.717, 1.165) is 44.1 Å². The lowest BCUT2D eigenvalue weighted by Crippen LogP contribution is -2.00. The largest absolute Gasteiger partial charge is 0.348 e. The standard InChI is InChI=1S/C38H54N2/c1-5-9-13-14-15-16-18-23-36(31-40-39)37(25-12-8-4)38(35-24-19-22-33(30-35)20-11-7-3)34-28-26-32(27-29-34)21-17-10-6-2/h18-19,22-24,26-30H,5-17,20-21,25H2,1-4H3. The van der Waals surface area contributed by atoms with E-state index in [1.165, 1.54) is 97.6 Å². The lowest BCUT2D eigenvalue weighted by atomic mass is 9.85. The number of aryl methyl sites for hydroxylation is 2. The van der Waals surface area contributed by atoms with Gasteiger partial charge in [-0.05, 0) is 90.8 Å². The van der Waals surface area contributed by atoms with Gasteiger partial charge in [-0.2, -0.15) is 0 Å². The van der Waals surface area contributed by atoms with Crippen molar-refractivity contribution >= 4 is 11.4 Å². The van der Waals surface area contributed by atoms with E-state index >= 15 is 0 Å². The SMILES string of the molecule is CCCCCCCC=CC(=C=[N+]=[N-])C(CCCC)=C(c1ccc(CCCCC)cc1)c1cccc(CCCC)c1. The number of allylic oxidation sites excluding steroid dienone is 4. The molecule has 0 radical (unpaired) electrons. The van der Waals surface area contributed by atoms with Crippen LogP contribution in [-0.2, 0) is 12.8 Å². The maximum Gasteiger partial charge on any atom is 0.307 e. The van der Waals surface area contributed by atoms with E-state index in [1.54, 1.807) is 0 Å². The molecule has 2 heteroatoms. The summed E-state index contributed by atoms with van der Waals surface area (Å²) >= 11 is 0. The zero-order valence-electron chi connectivity index (χ0n) is 26.0. The van der Waals surface area contributed by atoms with Crippen LogP contribution in [0, 0.1) is 0 Å². The number of unbranched alkanes of at least 4 members (excludes halogenated alkanes) is 9. The molecule has 0 saturated carbocycles. The Balaban J connectivity index is 2.59. The fourth-order valence-electron chi connectivity index (χ4n) is 5.27. The van der Waals surface area contributed by atoms with E-state index in [0.29, 0.717) is 0 Å². The fraction of sp³-hybridized carbons (Fsp3) is 0.526. The Hall–Kier alpha value is -2.92. The van der Waals surface area contributed by atoms with Crippen molar-refractivity contribution in [3.63, 3.8) is 0 Å². The maximum atomic E-state index is 9.65. The van der Waals surface area contributed by atoms with Crippen LogP contribution < -0.4 is 0 Å². The average molecular weight is 539 g/mol. The van der Waals surface area contributed by atoms with Gasteiger partial charge in [0.05, 0.1) is 0 Å². The first-order chi connectivity index (χ1) is 19.7. The van der Waals surface area contributed by atoms with Crippen molar-refractivity contribution in [3.8, 4) is 0 Å². The van der Waals surface area contributed by atoms with Gasteiger partial charge in [0.2, 0.25) is 0 Å². The molecule has 0 fully saturated rings. The summed E-state index contributed by atoms with van der Waals surface area (Å²) in [6, 6.07) is 18.3. The number of hydrogen-bond acceptors (Lipinski definition) is 0. The predicted molar refractivity (Wildman–Crippen MR) is 175 cm³/mol. The summed E-state index contributed by atoms with van der Waals surface area (Å²) in [6.07, 6.45) is 23.2. The van der Waals surface area contributed by atoms with Crippen molar-refractivity contribution in [2.24, 2.45) is 0 Å². The van der Waals surface area contributed by atoms with Gasteiger partial charge >= 0.3 is 5.87 Å². The van der Waals surface area contributed by atoms with Crippen LogP contribution >= 0.6 is 0 Å². The summed E-state index contributed by atoms with van der Waals surface area (Å²) in [5.41, 5.74) is 18.2. The van der Waals surface area contributed by atoms with Crippen molar-refractivity contribution in [3.05, 3.63) is 99.6 Å². The molecule has 2 aromatic rings. The third-order valence-electron chi connectivity index (χ3n) is 7.68. The van der Waals surface area contributed by atoms with Gasteiger partial charge < -0.3 is 5.53 Å². The van der Waals surface area contributed by atoms with Crippen molar-refractivity contribution in [1.82, 2.24) is 0 Å². The van der Waals surface area contributed by atoms with Crippen LogP contribution in [0.3, 0.4) is 0 Å². The number of rotatable bonds is 20. The second-order valence-corrected chi connectivity index (χ2v) is 11.1. The van der Waals surface area contributed by atoms with Crippen LogP contribution in [0.4, 0.5) is 0 Å². The minimum atomic E-state index is 0.894. The molecule has 0 unspecified atom stereocenters. The minimum absolute atomic E-state index is 0.894. The molecule has 2 nitrogen and oxygen atoms in total. The molecular formula is C38H54N2. The Morgan fingerprint density at radius 1 is 0.700 bits per heavy atom. The third-order valence-corrected chi connectivity index (χ3v) is 7.68. The van der Waals surface area contributed by atoms with E-state index < -0.39 is 0 Å². The van der Waals surface area contributed by atoms with Crippen molar-refractivity contribution in [2.45, 2.75) is 130 Å². The highest BCUT2D eigenvalue weighted by atomic mass is 14.8. The van der Waals surface area contributed by atoms with Crippen LogP contribution in [0.1, 0.15) is 140 Å². The van der Waals surface area contributed by atoms with Crippen LogP contribution in [0.25, 0.3) is 11.1 Å². The third kappa shape index (κ3) is 12.1. The lowest BCUT2D eigenvalue weighted by Gasteiger charge is -2.17. The van der Waals surface area contributed by atoms with Crippen molar-refractivity contribution in [2.75, 3.05) is 0 Å². The Bertz CT molecular complexity index is 1120. The minimum Gasteiger partial charge on any atom is -0.348 e. The molecule has 0 aliphatic carbocycles. The molecule has 2 rings (SSSR count). The first kappa shape index (κ1) is 33.3. The molecule has 0 atom stereocenters. The molecule has 2 aromatic carbocycles. The second-order valence-electron chi connectivity index (χ2n) is 11.1. The van der Waals surface area contributed by atoms with Crippen LogP contribution in [0.2, 0.25) is 0 Å².